The predicted octanol–water partition coefficient (Wildman–Crippen LogP) is 2.64. The number of amides is 1. The van der Waals surface area contributed by atoms with Gasteiger partial charge in [0.05, 0.1) is 17.7 Å². The average Bonchev–Trinajstić information content (AvgIpc) is 2.50. The van der Waals surface area contributed by atoms with Gasteiger partial charge in [-0.2, -0.15) is 0 Å². The summed E-state index contributed by atoms with van der Waals surface area (Å²) in [5.74, 6) is 0.189. The first kappa shape index (κ1) is 15.4. The monoisotopic (exact) mass is 286 g/mol. The van der Waals surface area contributed by atoms with E-state index < -0.39 is 0 Å². The molecule has 2 N–H and O–H groups in total. The number of carbonyl (C=O) groups is 1. The number of hydrogen-bond donors (Lipinski definition) is 2. The summed E-state index contributed by atoms with van der Waals surface area (Å²) in [6.45, 7) is 6.53. The third-order valence-electron chi connectivity index (χ3n) is 3.61. The van der Waals surface area contributed by atoms with Crippen molar-refractivity contribution in [1.82, 2.24) is 10.3 Å². The van der Waals surface area contributed by atoms with Gasteiger partial charge < -0.3 is 10.4 Å². The van der Waals surface area contributed by atoms with Crippen LogP contribution in [-0.2, 0) is 6.42 Å². The molecule has 0 radical (unpaired) electrons. The third kappa shape index (κ3) is 3.22. The lowest BCUT2D eigenvalue weighted by Gasteiger charge is -2.14. The fourth-order valence-electron chi connectivity index (χ4n) is 2.48. The van der Waals surface area contributed by atoms with Crippen molar-refractivity contribution in [2.45, 2.75) is 33.1 Å². The third-order valence-corrected chi connectivity index (χ3v) is 3.61. The number of aryl methyl sites for hydroxylation is 1. The molecule has 0 spiro atoms. The number of pyridine rings is 1. The van der Waals surface area contributed by atoms with Crippen LogP contribution in [0.3, 0.4) is 0 Å². The van der Waals surface area contributed by atoms with Gasteiger partial charge in [-0.1, -0.05) is 20.8 Å². The standard InChI is InChI=1S/C17H22N2O2/c1-4-12-9-14-13(11(2)3)5-6-18-16(14)15(10-12)17(21)19-7-8-20/h5-6,9-11,20H,4,7-8H2,1-3H3,(H,19,21). The first-order valence-electron chi connectivity index (χ1n) is 7.39. The van der Waals surface area contributed by atoms with Gasteiger partial charge in [0.15, 0.2) is 0 Å². The lowest BCUT2D eigenvalue weighted by atomic mass is 9.94. The molecule has 112 valence electrons. The van der Waals surface area contributed by atoms with Crippen molar-refractivity contribution in [2.24, 2.45) is 0 Å². The Hall–Kier alpha value is -1.94. The topological polar surface area (TPSA) is 62.2 Å². The molecule has 0 saturated carbocycles. The number of aliphatic hydroxyl groups excluding tert-OH is 1. The highest BCUT2D eigenvalue weighted by Gasteiger charge is 2.15. The number of hydrogen-bond acceptors (Lipinski definition) is 3. The number of nitrogens with one attached hydrogen (secondary N) is 1. The van der Waals surface area contributed by atoms with E-state index in [1.165, 1.54) is 5.56 Å². The van der Waals surface area contributed by atoms with Crippen molar-refractivity contribution in [2.75, 3.05) is 13.2 Å². The van der Waals surface area contributed by atoms with E-state index in [9.17, 15) is 4.79 Å². The number of fused-ring (bicyclic) bond motifs is 1. The lowest BCUT2D eigenvalue weighted by molar-refractivity contribution is 0.0946. The summed E-state index contributed by atoms with van der Waals surface area (Å²) in [4.78, 5) is 16.7. The van der Waals surface area contributed by atoms with Crippen LogP contribution >= 0.6 is 0 Å². The Morgan fingerprint density at radius 1 is 1.38 bits per heavy atom. The van der Waals surface area contributed by atoms with Crippen LogP contribution in [0.1, 0.15) is 48.2 Å². The minimum Gasteiger partial charge on any atom is -0.395 e. The lowest BCUT2D eigenvalue weighted by Crippen LogP contribution is -2.26. The molecule has 1 heterocycles. The second kappa shape index (κ2) is 6.68. The molecule has 1 aromatic carbocycles. The van der Waals surface area contributed by atoms with Gasteiger partial charge in [0, 0.05) is 18.1 Å². The molecule has 2 aromatic rings. The number of rotatable bonds is 5. The van der Waals surface area contributed by atoms with Gasteiger partial charge in [0.2, 0.25) is 0 Å². The van der Waals surface area contributed by atoms with Gasteiger partial charge in [-0.25, -0.2) is 0 Å². The molecular formula is C17H22N2O2. The summed E-state index contributed by atoms with van der Waals surface area (Å²) in [7, 11) is 0. The molecule has 0 atom stereocenters. The minimum atomic E-state index is -0.183. The van der Waals surface area contributed by atoms with Gasteiger partial charge >= 0.3 is 0 Å². The normalized spacial score (nSPS) is 11.1. The molecule has 0 bridgehead atoms. The van der Waals surface area contributed by atoms with Gasteiger partial charge in [-0.15, -0.1) is 0 Å². The van der Waals surface area contributed by atoms with E-state index in [4.69, 9.17) is 5.11 Å². The summed E-state index contributed by atoms with van der Waals surface area (Å²) in [5, 5.41) is 12.6. The highest BCUT2D eigenvalue weighted by molar-refractivity contribution is 6.06. The highest BCUT2D eigenvalue weighted by atomic mass is 16.3. The van der Waals surface area contributed by atoms with Crippen LogP contribution < -0.4 is 5.32 Å². The van der Waals surface area contributed by atoms with Crippen molar-refractivity contribution in [1.29, 1.82) is 0 Å². The van der Waals surface area contributed by atoms with Crippen molar-refractivity contribution in [3.05, 3.63) is 41.1 Å². The van der Waals surface area contributed by atoms with Gasteiger partial charge in [-0.05, 0) is 41.7 Å². The molecule has 0 aliphatic carbocycles. The van der Waals surface area contributed by atoms with Crippen molar-refractivity contribution >= 4 is 16.8 Å². The first-order valence-corrected chi connectivity index (χ1v) is 7.39. The smallest absolute Gasteiger partial charge is 0.253 e. The van der Waals surface area contributed by atoms with Crippen LogP contribution in [-0.4, -0.2) is 29.1 Å². The number of aliphatic hydroxyl groups is 1. The molecule has 0 aliphatic heterocycles. The second-order valence-electron chi connectivity index (χ2n) is 5.43. The summed E-state index contributed by atoms with van der Waals surface area (Å²) in [6.07, 6.45) is 2.62. The quantitative estimate of drug-likeness (QED) is 0.888. The molecule has 1 amide bonds. The summed E-state index contributed by atoms with van der Waals surface area (Å²) >= 11 is 0. The van der Waals surface area contributed by atoms with Crippen LogP contribution in [0.4, 0.5) is 0 Å². The number of benzene rings is 1. The number of carbonyl (C=O) groups excluding carboxylic acids is 1. The zero-order valence-corrected chi connectivity index (χ0v) is 12.8. The van der Waals surface area contributed by atoms with Crippen LogP contribution in [0, 0.1) is 0 Å². The zero-order valence-electron chi connectivity index (χ0n) is 12.8. The maximum absolute atomic E-state index is 12.3. The Morgan fingerprint density at radius 2 is 2.14 bits per heavy atom. The molecule has 21 heavy (non-hydrogen) atoms. The highest BCUT2D eigenvalue weighted by Crippen LogP contribution is 2.27. The molecule has 0 saturated heterocycles. The van der Waals surface area contributed by atoms with Crippen LogP contribution in [0.2, 0.25) is 0 Å². The average molecular weight is 286 g/mol. The predicted molar refractivity (Wildman–Crippen MR) is 84.6 cm³/mol. The Bertz CT molecular complexity index is 651. The molecule has 2 rings (SSSR count). The van der Waals surface area contributed by atoms with E-state index in [1.54, 1.807) is 6.20 Å². The van der Waals surface area contributed by atoms with Gasteiger partial charge in [-0.3, -0.25) is 9.78 Å². The van der Waals surface area contributed by atoms with E-state index in [0.29, 0.717) is 11.5 Å². The molecule has 0 aliphatic rings. The largest absolute Gasteiger partial charge is 0.395 e. The fourth-order valence-corrected chi connectivity index (χ4v) is 2.48. The SMILES string of the molecule is CCc1cc(C(=O)NCCO)c2nccc(C(C)C)c2c1. The molecule has 0 unspecified atom stereocenters. The molecule has 4 nitrogen and oxygen atoms in total. The van der Waals surface area contributed by atoms with E-state index in [2.05, 4.69) is 37.1 Å². The summed E-state index contributed by atoms with van der Waals surface area (Å²) in [6, 6.07) is 6.04. The van der Waals surface area contributed by atoms with Crippen molar-refractivity contribution in [3.8, 4) is 0 Å². The molecule has 0 fully saturated rings. The summed E-state index contributed by atoms with van der Waals surface area (Å²) < 4.78 is 0. The minimum absolute atomic E-state index is 0.0676. The fraction of sp³-hybridized carbons (Fsp3) is 0.412. The number of aromatic nitrogens is 1. The summed E-state index contributed by atoms with van der Waals surface area (Å²) in [5.41, 5.74) is 3.63. The van der Waals surface area contributed by atoms with Gasteiger partial charge in [0.1, 0.15) is 0 Å². The molecular weight excluding hydrogens is 264 g/mol. The first-order chi connectivity index (χ1) is 10.1. The van der Waals surface area contributed by atoms with E-state index in [0.717, 1.165) is 22.9 Å². The zero-order chi connectivity index (χ0) is 15.4. The Balaban J connectivity index is 2.63. The van der Waals surface area contributed by atoms with E-state index in [-0.39, 0.29) is 19.1 Å². The van der Waals surface area contributed by atoms with E-state index >= 15 is 0 Å². The second-order valence-corrected chi connectivity index (χ2v) is 5.43. The Labute approximate surface area is 125 Å². The van der Waals surface area contributed by atoms with Crippen molar-refractivity contribution < 1.29 is 9.90 Å². The Kier molecular flexibility index (Phi) is 4.91. The van der Waals surface area contributed by atoms with Crippen molar-refractivity contribution in [3.63, 3.8) is 0 Å². The maximum Gasteiger partial charge on any atom is 0.253 e. The molecule has 1 aromatic heterocycles. The Morgan fingerprint density at radius 3 is 2.76 bits per heavy atom. The van der Waals surface area contributed by atoms with Crippen LogP contribution in [0.15, 0.2) is 24.4 Å². The maximum atomic E-state index is 12.3. The van der Waals surface area contributed by atoms with Crippen LogP contribution in [0.25, 0.3) is 10.9 Å². The number of nitrogens with zero attached hydrogens (tertiary/aromatic N) is 1. The van der Waals surface area contributed by atoms with E-state index in [1.807, 2.05) is 12.1 Å². The van der Waals surface area contributed by atoms with Crippen LogP contribution in [0.5, 0.6) is 0 Å². The van der Waals surface area contributed by atoms with Gasteiger partial charge in [0.25, 0.3) is 5.91 Å². The molecule has 4 heteroatoms.